The van der Waals surface area contributed by atoms with Crippen molar-refractivity contribution in [3.63, 3.8) is 0 Å². The summed E-state index contributed by atoms with van der Waals surface area (Å²) in [7, 11) is 0. The minimum atomic E-state index is -4.88. The maximum atomic E-state index is 12.3. The number of carbonyl (C=O) groups is 1. The lowest BCUT2D eigenvalue weighted by Crippen LogP contribution is -2.36. The van der Waals surface area contributed by atoms with Crippen LogP contribution in [0.15, 0.2) is 48.7 Å². The van der Waals surface area contributed by atoms with E-state index in [4.69, 9.17) is 0 Å². The first kappa shape index (κ1) is 14.6. The van der Waals surface area contributed by atoms with E-state index in [9.17, 15) is 23.2 Å². The van der Waals surface area contributed by atoms with Gasteiger partial charge in [0, 0.05) is 12.1 Å². The van der Waals surface area contributed by atoms with Crippen LogP contribution in [0.3, 0.4) is 0 Å². The van der Waals surface area contributed by atoms with Crippen LogP contribution in [0.2, 0.25) is 0 Å². The van der Waals surface area contributed by atoms with Crippen molar-refractivity contribution in [2.24, 2.45) is 0 Å². The highest BCUT2D eigenvalue weighted by molar-refractivity contribution is 6.02. The van der Waals surface area contributed by atoms with Crippen LogP contribution in [0.4, 0.5) is 18.9 Å². The van der Waals surface area contributed by atoms with E-state index in [-0.39, 0.29) is 11.4 Å². The maximum absolute atomic E-state index is 12.3. The molecule has 0 aliphatic heterocycles. The van der Waals surface area contributed by atoms with Crippen molar-refractivity contribution in [3.05, 3.63) is 59.6 Å². The zero-order valence-corrected chi connectivity index (χ0v) is 10.4. The van der Waals surface area contributed by atoms with Gasteiger partial charge in [0.05, 0.1) is 5.69 Å². The molecule has 0 bridgehead atoms. The molecule has 2 aromatic rings. The third-order valence-corrected chi connectivity index (χ3v) is 2.42. The lowest BCUT2D eigenvalue weighted by molar-refractivity contribution is -0.607. The zero-order valence-electron chi connectivity index (χ0n) is 10.4. The summed E-state index contributed by atoms with van der Waals surface area (Å²) in [6, 6.07) is 9.17. The van der Waals surface area contributed by atoms with Gasteiger partial charge in [0.1, 0.15) is 0 Å². The number of anilines is 1. The lowest BCUT2D eigenvalue weighted by atomic mass is 10.2. The minimum Gasteiger partial charge on any atom is -0.618 e. The fourth-order valence-corrected chi connectivity index (χ4v) is 1.57. The molecular weight excluding hydrogens is 289 g/mol. The summed E-state index contributed by atoms with van der Waals surface area (Å²) in [5.41, 5.74) is -0.442. The van der Waals surface area contributed by atoms with Crippen molar-refractivity contribution in [2.75, 3.05) is 5.32 Å². The minimum absolute atomic E-state index is 0.191. The number of para-hydroxylation sites is 2. The summed E-state index contributed by atoms with van der Waals surface area (Å²) in [5, 5.41) is 13.6. The van der Waals surface area contributed by atoms with Crippen LogP contribution in [-0.2, 0) is 0 Å². The number of hydrogen-bond acceptors (Lipinski definition) is 3. The number of hydrogen-bond donors (Lipinski definition) is 1. The molecule has 5 nitrogen and oxygen atoms in total. The van der Waals surface area contributed by atoms with Gasteiger partial charge in [-0.25, -0.2) is 0 Å². The molecule has 0 fully saturated rings. The molecule has 0 aliphatic carbocycles. The predicted molar refractivity (Wildman–Crippen MR) is 66.5 cm³/mol. The maximum Gasteiger partial charge on any atom is 0.573 e. The van der Waals surface area contributed by atoms with Crippen LogP contribution in [0, 0.1) is 5.21 Å². The summed E-state index contributed by atoms with van der Waals surface area (Å²) >= 11 is 0. The molecule has 21 heavy (non-hydrogen) atoms. The van der Waals surface area contributed by atoms with Gasteiger partial charge in [-0.2, -0.15) is 4.73 Å². The van der Waals surface area contributed by atoms with Crippen LogP contribution in [-0.4, -0.2) is 12.3 Å². The monoisotopic (exact) mass is 298 g/mol. The SMILES string of the molecule is O=C(Nc1ccccc1OC(F)(F)F)c1cccc[n+]1[O-]. The quantitative estimate of drug-likeness (QED) is 0.699. The Morgan fingerprint density at radius 1 is 1.14 bits per heavy atom. The van der Waals surface area contributed by atoms with Gasteiger partial charge in [0.2, 0.25) is 0 Å². The number of alkyl halides is 3. The summed E-state index contributed by atoms with van der Waals surface area (Å²) in [6.07, 6.45) is -3.78. The lowest BCUT2D eigenvalue weighted by Gasteiger charge is -2.13. The highest BCUT2D eigenvalue weighted by atomic mass is 19.4. The van der Waals surface area contributed by atoms with E-state index < -0.39 is 18.0 Å². The molecule has 0 atom stereocenters. The van der Waals surface area contributed by atoms with E-state index in [1.54, 1.807) is 0 Å². The summed E-state index contributed by atoms with van der Waals surface area (Å²) in [5.74, 6) is -1.41. The first-order chi connectivity index (χ1) is 9.87. The van der Waals surface area contributed by atoms with Crippen molar-refractivity contribution < 1.29 is 27.4 Å². The smallest absolute Gasteiger partial charge is 0.573 e. The van der Waals surface area contributed by atoms with E-state index in [0.717, 1.165) is 12.3 Å². The molecule has 1 aromatic heterocycles. The average Bonchev–Trinajstić information content (AvgIpc) is 2.40. The van der Waals surface area contributed by atoms with Crippen molar-refractivity contribution in [2.45, 2.75) is 6.36 Å². The van der Waals surface area contributed by atoms with Gasteiger partial charge in [0.15, 0.2) is 11.9 Å². The molecule has 1 aromatic carbocycles. The Morgan fingerprint density at radius 3 is 2.48 bits per heavy atom. The van der Waals surface area contributed by atoms with Gasteiger partial charge < -0.3 is 15.3 Å². The standard InChI is InChI=1S/C13H9F3N2O3/c14-13(15,16)21-11-7-2-1-5-9(11)17-12(19)10-6-3-4-8-18(10)20/h1-8H,(H,17,19). The van der Waals surface area contributed by atoms with Crippen LogP contribution in [0.25, 0.3) is 0 Å². The highest BCUT2D eigenvalue weighted by Crippen LogP contribution is 2.30. The Balaban J connectivity index is 2.24. The number of carbonyl (C=O) groups excluding carboxylic acids is 1. The Labute approximate surface area is 117 Å². The van der Waals surface area contributed by atoms with Crippen molar-refractivity contribution in [1.82, 2.24) is 0 Å². The third kappa shape index (κ3) is 3.85. The van der Waals surface area contributed by atoms with E-state index in [1.807, 2.05) is 0 Å². The molecule has 0 radical (unpaired) electrons. The first-order valence-corrected chi connectivity index (χ1v) is 5.71. The number of ether oxygens (including phenoxy) is 1. The third-order valence-electron chi connectivity index (χ3n) is 2.42. The second kappa shape index (κ2) is 5.70. The topological polar surface area (TPSA) is 65.3 Å². The molecule has 110 valence electrons. The Bertz CT molecular complexity index is 659. The number of aromatic nitrogens is 1. The van der Waals surface area contributed by atoms with Crippen LogP contribution < -0.4 is 14.8 Å². The van der Waals surface area contributed by atoms with Crippen LogP contribution in [0.5, 0.6) is 5.75 Å². The Hall–Kier alpha value is -2.77. The number of pyridine rings is 1. The molecule has 2 rings (SSSR count). The van der Waals surface area contributed by atoms with Crippen LogP contribution in [0.1, 0.15) is 10.5 Å². The molecule has 1 N–H and O–H groups in total. The molecule has 0 saturated carbocycles. The van der Waals surface area contributed by atoms with Gasteiger partial charge >= 0.3 is 12.3 Å². The molecular formula is C13H9F3N2O3. The summed E-state index contributed by atoms with van der Waals surface area (Å²) in [6.45, 7) is 0. The fraction of sp³-hybridized carbons (Fsp3) is 0.0769. The van der Waals surface area contributed by atoms with Gasteiger partial charge in [-0.05, 0) is 18.2 Å². The molecule has 1 heterocycles. The molecule has 0 saturated heterocycles. The zero-order chi connectivity index (χ0) is 15.5. The second-order valence-corrected chi connectivity index (χ2v) is 3.91. The number of rotatable bonds is 3. The highest BCUT2D eigenvalue weighted by Gasteiger charge is 2.32. The number of amides is 1. The second-order valence-electron chi connectivity index (χ2n) is 3.91. The molecule has 0 spiro atoms. The van der Waals surface area contributed by atoms with E-state index in [0.29, 0.717) is 4.73 Å². The van der Waals surface area contributed by atoms with Crippen molar-refractivity contribution in [1.29, 1.82) is 0 Å². The molecule has 0 unspecified atom stereocenters. The summed E-state index contributed by atoms with van der Waals surface area (Å²) < 4.78 is 40.9. The van der Waals surface area contributed by atoms with E-state index in [1.165, 1.54) is 36.4 Å². The van der Waals surface area contributed by atoms with Gasteiger partial charge in [-0.1, -0.05) is 12.1 Å². The van der Waals surface area contributed by atoms with Crippen LogP contribution >= 0.6 is 0 Å². The number of benzene rings is 1. The molecule has 8 heteroatoms. The number of halogens is 3. The van der Waals surface area contributed by atoms with Gasteiger partial charge in [0.25, 0.3) is 5.69 Å². The molecule has 0 aliphatic rings. The Morgan fingerprint density at radius 2 is 1.81 bits per heavy atom. The molecule has 1 amide bonds. The number of nitrogens with zero attached hydrogens (tertiary/aromatic N) is 1. The largest absolute Gasteiger partial charge is 0.618 e. The summed E-state index contributed by atoms with van der Waals surface area (Å²) in [4.78, 5) is 11.9. The van der Waals surface area contributed by atoms with Crippen molar-refractivity contribution >= 4 is 11.6 Å². The van der Waals surface area contributed by atoms with E-state index in [2.05, 4.69) is 10.1 Å². The predicted octanol–water partition coefficient (Wildman–Crippen LogP) is 2.47. The van der Waals surface area contributed by atoms with E-state index >= 15 is 0 Å². The fourth-order valence-electron chi connectivity index (χ4n) is 1.57. The average molecular weight is 298 g/mol. The first-order valence-electron chi connectivity index (χ1n) is 5.71. The normalized spacial score (nSPS) is 11.0. The Kier molecular flexibility index (Phi) is 3.97. The number of nitrogens with one attached hydrogen (secondary N) is 1. The van der Waals surface area contributed by atoms with Gasteiger partial charge in [-0.15, -0.1) is 13.2 Å². The van der Waals surface area contributed by atoms with Gasteiger partial charge in [-0.3, -0.25) is 4.79 Å². The van der Waals surface area contributed by atoms with Crippen molar-refractivity contribution in [3.8, 4) is 5.75 Å².